The molecule has 3 aromatic rings. The van der Waals surface area contributed by atoms with E-state index < -0.39 is 0 Å². The summed E-state index contributed by atoms with van der Waals surface area (Å²) in [6.07, 6.45) is 0. The highest BCUT2D eigenvalue weighted by Crippen LogP contribution is 2.22. The summed E-state index contributed by atoms with van der Waals surface area (Å²) in [5, 5.41) is 3.65. The van der Waals surface area contributed by atoms with Gasteiger partial charge in [0.1, 0.15) is 17.1 Å². The van der Waals surface area contributed by atoms with Gasteiger partial charge >= 0.3 is 0 Å². The molecule has 0 aliphatic carbocycles. The lowest BCUT2D eigenvalue weighted by Gasteiger charge is -2.09. The van der Waals surface area contributed by atoms with E-state index in [1.807, 2.05) is 26.0 Å². The maximum atomic E-state index is 12.2. The Hall–Kier alpha value is -2.69. The van der Waals surface area contributed by atoms with Gasteiger partial charge in [-0.25, -0.2) is 0 Å². The average Bonchev–Trinajstić information content (AvgIpc) is 3.04. The molecule has 108 valence electrons. The fourth-order valence-electron chi connectivity index (χ4n) is 2.20. The number of carbonyl (C=O) groups is 1. The fourth-order valence-corrected chi connectivity index (χ4v) is 2.20. The first kappa shape index (κ1) is 13.3. The monoisotopic (exact) mass is 284 g/mol. The second kappa shape index (κ2) is 5.01. The number of anilines is 1. The standard InChI is InChI=1S/C16H16N2O3/c1-9-3-5-13(20-9)10(2)18-16(19)15-8-11-7-12(17)4-6-14(11)21-15/h3-8,10H,17H2,1-2H3,(H,18,19). The Balaban J connectivity index is 1.80. The second-order valence-electron chi connectivity index (χ2n) is 5.05. The molecule has 0 saturated heterocycles. The molecule has 0 spiro atoms. The number of rotatable bonds is 3. The summed E-state index contributed by atoms with van der Waals surface area (Å²) in [4.78, 5) is 12.2. The Morgan fingerprint density at radius 3 is 2.71 bits per heavy atom. The molecule has 1 aromatic carbocycles. The van der Waals surface area contributed by atoms with Gasteiger partial charge in [0.25, 0.3) is 5.91 Å². The number of nitrogens with two attached hydrogens (primary N) is 1. The lowest BCUT2D eigenvalue weighted by atomic mass is 10.2. The van der Waals surface area contributed by atoms with Gasteiger partial charge in [-0.1, -0.05) is 0 Å². The zero-order valence-electron chi connectivity index (χ0n) is 11.8. The van der Waals surface area contributed by atoms with E-state index in [0.717, 1.165) is 11.1 Å². The molecule has 5 heteroatoms. The molecule has 0 bridgehead atoms. The summed E-state index contributed by atoms with van der Waals surface area (Å²) < 4.78 is 11.0. The molecule has 1 atom stereocenters. The van der Waals surface area contributed by atoms with Crippen LogP contribution in [0.15, 0.2) is 45.2 Å². The molecule has 2 heterocycles. The van der Waals surface area contributed by atoms with Gasteiger partial charge in [0.15, 0.2) is 5.76 Å². The SMILES string of the molecule is Cc1ccc(C(C)NC(=O)c2cc3cc(N)ccc3o2)o1. The van der Waals surface area contributed by atoms with Crippen molar-refractivity contribution in [1.29, 1.82) is 0 Å². The summed E-state index contributed by atoms with van der Waals surface area (Å²) in [6, 6.07) is 10.4. The number of aryl methyl sites for hydroxylation is 1. The van der Waals surface area contributed by atoms with Gasteiger partial charge in [-0.05, 0) is 50.2 Å². The molecule has 1 unspecified atom stereocenters. The maximum absolute atomic E-state index is 12.2. The van der Waals surface area contributed by atoms with Crippen molar-refractivity contribution in [2.75, 3.05) is 5.73 Å². The lowest BCUT2D eigenvalue weighted by molar-refractivity contribution is 0.0909. The van der Waals surface area contributed by atoms with Crippen LogP contribution < -0.4 is 11.1 Å². The number of fused-ring (bicyclic) bond motifs is 1. The number of hydrogen-bond donors (Lipinski definition) is 2. The molecule has 2 aromatic heterocycles. The van der Waals surface area contributed by atoms with Gasteiger partial charge in [-0.15, -0.1) is 0 Å². The lowest BCUT2D eigenvalue weighted by Crippen LogP contribution is -2.25. The molecule has 3 rings (SSSR count). The highest BCUT2D eigenvalue weighted by molar-refractivity contribution is 5.96. The molecule has 0 fully saturated rings. The Morgan fingerprint density at radius 1 is 1.19 bits per heavy atom. The molecular weight excluding hydrogens is 268 g/mol. The number of carbonyl (C=O) groups excluding carboxylic acids is 1. The van der Waals surface area contributed by atoms with Crippen LogP contribution in [0.1, 0.15) is 35.0 Å². The summed E-state index contributed by atoms with van der Waals surface area (Å²) >= 11 is 0. The van der Waals surface area contributed by atoms with E-state index >= 15 is 0 Å². The zero-order valence-corrected chi connectivity index (χ0v) is 11.8. The van der Waals surface area contributed by atoms with Crippen LogP contribution in [0.3, 0.4) is 0 Å². The maximum Gasteiger partial charge on any atom is 0.287 e. The number of hydrogen-bond acceptors (Lipinski definition) is 4. The van der Waals surface area contributed by atoms with E-state index in [1.165, 1.54) is 0 Å². The highest BCUT2D eigenvalue weighted by atomic mass is 16.4. The van der Waals surface area contributed by atoms with Crippen LogP contribution in [0.25, 0.3) is 11.0 Å². The Morgan fingerprint density at radius 2 is 2.00 bits per heavy atom. The Kier molecular flexibility index (Phi) is 3.17. The number of nitrogens with one attached hydrogen (secondary N) is 1. The van der Waals surface area contributed by atoms with Crippen LogP contribution in [-0.4, -0.2) is 5.91 Å². The smallest absolute Gasteiger partial charge is 0.287 e. The van der Waals surface area contributed by atoms with Crippen LogP contribution in [0.4, 0.5) is 5.69 Å². The minimum atomic E-state index is -0.286. The molecule has 0 aliphatic heterocycles. The molecule has 0 aliphatic rings. The molecule has 0 saturated carbocycles. The van der Waals surface area contributed by atoms with Crippen molar-refractivity contribution in [3.8, 4) is 0 Å². The third-order valence-electron chi connectivity index (χ3n) is 3.30. The highest BCUT2D eigenvalue weighted by Gasteiger charge is 2.17. The first-order valence-electron chi connectivity index (χ1n) is 6.69. The molecule has 0 radical (unpaired) electrons. The van der Waals surface area contributed by atoms with Crippen LogP contribution in [0, 0.1) is 6.92 Å². The number of furan rings is 2. The molecule has 5 nitrogen and oxygen atoms in total. The summed E-state index contributed by atoms with van der Waals surface area (Å²) in [7, 11) is 0. The van der Waals surface area contributed by atoms with E-state index in [-0.39, 0.29) is 17.7 Å². The van der Waals surface area contributed by atoms with Gasteiger partial charge in [0, 0.05) is 11.1 Å². The molecular formula is C16H16N2O3. The molecule has 21 heavy (non-hydrogen) atoms. The van der Waals surface area contributed by atoms with Crippen LogP contribution in [0.5, 0.6) is 0 Å². The number of amides is 1. The number of benzene rings is 1. The largest absolute Gasteiger partial charge is 0.464 e. The fraction of sp³-hybridized carbons (Fsp3) is 0.188. The minimum Gasteiger partial charge on any atom is -0.464 e. The predicted octanol–water partition coefficient (Wildman–Crippen LogP) is 3.41. The Bertz CT molecular complexity index is 801. The zero-order chi connectivity index (χ0) is 15.0. The van der Waals surface area contributed by atoms with Crippen molar-refractivity contribution < 1.29 is 13.6 Å². The van der Waals surface area contributed by atoms with Crippen LogP contribution >= 0.6 is 0 Å². The van der Waals surface area contributed by atoms with Crippen molar-refractivity contribution in [2.24, 2.45) is 0 Å². The van der Waals surface area contributed by atoms with Gasteiger partial charge in [-0.3, -0.25) is 4.79 Å². The van der Waals surface area contributed by atoms with Crippen molar-refractivity contribution in [3.63, 3.8) is 0 Å². The van der Waals surface area contributed by atoms with E-state index in [9.17, 15) is 4.79 Å². The van der Waals surface area contributed by atoms with Crippen molar-refractivity contribution in [3.05, 3.63) is 53.7 Å². The third kappa shape index (κ3) is 2.63. The predicted molar refractivity (Wildman–Crippen MR) is 80.0 cm³/mol. The quantitative estimate of drug-likeness (QED) is 0.722. The van der Waals surface area contributed by atoms with E-state index in [1.54, 1.807) is 24.3 Å². The summed E-state index contributed by atoms with van der Waals surface area (Å²) in [6.45, 7) is 3.72. The van der Waals surface area contributed by atoms with Crippen molar-refractivity contribution >= 4 is 22.6 Å². The topological polar surface area (TPSA) is 81.4 Å². The van der Waals surface area contributed by atoms with Gasteiger partial charge < -0.3 is 19.9 Å². The van der Waals surface area contributed by atoms with Crippen molar-refractivity contribution in [1.82, 2.24) is 5.32 Å². The Labute approximate surface area is 121 Å². The molecule has 3 N–H and O–H groups in total. The first-order valence-corrected chi connectivity index (χ1v) is 6.69. The normalized spacial score (nSPS) is 12.5. The number of nitrogen functional groups attached to an aromatic ring is 1. The van der Waals surface area contributed by atoms with E-state index in [4.69, 9.17) is 14.6 Å². The summed E-state index contributed by atoms with van der Waals surface area (Å²) in [5.74, 6) is 1.49. The third-order valence-corrected chi connectivity index (χ3v) is 3.30. The average molecular weight is 284 g/mol. The first-order chi connectivity index (χ1) is 10.0. The van der Waals surface area contributed by atoms with Gasteiger partial charge in [-0.2, -0.15) is 0 Å². The van der Waals surface area contributed by atoms with Gasteiger partial charge in [0.2, 0.25) is 0 Å². The van der Waals surface area contributed by atoms with Gasteiger partial charge in [0.05, 0.1) is 6.04 Å². The van der Waals surface area contributed by atoms with E-state index in [0.29, 0.717) is 17.0 Å². The second-order valence-corrected chi connectivity index (χ2v) is 5.05. The molecule has 1 amide bonds. The van der Waals surface area contributed by atoms with Crippen LogP contribution in [-0.2, 0) is 0 Å². The van der Waals surface area contributed by atoms with Crippen molar-refractivity contribution in [2.45, 2.75) is 19.9 Å². The van der Waals surface area contributed by atoms with Crippen LogP contribution in [0.2, 0.25) is 0 Å². The summed E-state index contributed by atoms with van der Waals surface area (Å²) in [5.41, 5.74) is 6.98. The van der Waals surface area contributed by atoms with E-state index in [2.05, 4.69) is 5.32 Å². The minimum absolute atomic E-state index is 0.232.